The molecule has 17 heavy (non-hydrogen) atoms. The van der Waals surface area contributed by atoms with Crippen molar-refractivity contribution >= 4 is 5.91 Å². The summed E-state index contributed by atoms with van der Waals surface area (Å²) in [6.45, 7) is 3.85. The number of carbonyl (C=O) groups excluding carboxylic acids is 1. The molecule has 1 fully saturated rings. The van der Waals surface area contributed by atoms with Gasteiger partial charge in [-0.2, -0.15) is 0 Å². The molecule has 1 saturated carbocycles. The van der Waals surface area contributed by atoms with Crippen LogP contribution in [0.15, 0.2) is 0 Å². The van der Waals surface area contributed by atoms with E-state index in [4.69, 9.17) is 5.73 Å². The molecule has 2 atom stereocenters. The molecule has 4 nitrogen and oxygen atoms in total. The van der Waals surface area contributed by atoms with Gasteiger partial charge in [-0.25, -0.2) is 0 Å². The van der Waals surface area contributed by atoms with Crippen LogP contribution < -0.4 is 5.73 Å². The van der Waals surface area contributed by atoms with Gasteiger partial charge >= 0.3 is 0 Å². The molecule has 2 unspecified atom stereocenters. The number of rotatable bonds is 4. The maximum atomic E-state index is 12.0. The van der Waals surface area contributed by atoms with Crippen LogP contribution in [0.2, 0.25) is 0 Å². The zero-order valence-electron chi connectivity index (χ0n) is 11.3. The minimum absolute atomic E-state index is 0.00265. The Bertz CT molecular complexity index is 261. The van der Waals surface area contributed by atoms with Crippen molar-refractivity contribution in [3.05, 3.63) is 0 Å². The second-order valence-corrected chi connectivity index (χ2v) is 5.91. The van der Waals surface area contributed by atoms with Gasteiger partial charge in [0.2, 0.25) is 5.91 Å². The van der Waals surface area contributed by atoms with Gasteiger partial charge in [0.05, 0.1) is 12.1 Å². The fraction of sp³-hybridized carbons (Fsp3) is 0.923. The maximum absolute atomic E-state index is 12.0. The predicted molar refractivity (Wildman–Crippen MR) is 68.5 cm³/mol. The summed E-state index contributed by atoms with van der Waals surface area (Å²) in [5.74, 6) is 0.0921. The molecule has 0 heterocycles. The van der Waals surface area contributed by atoms with Crippen LogP contribution in [-0.4, -0.2) is 40.6 Å². The highest BCUT2D eigenvalue weighted by Gasteiger charge is 2.29. The van der Waals surface area contributed by atoms with Crippen LogP contribution in [0, 0.1) is 0 Å². The van der Waals surface area contributed by atoms with Crippen LogP contribution in [0.3, 0.4) is 0 Å². The molecule has 3 N–H and O–H groups in total. The number of nitrogens with two attached hydrogens (primary N) is 1. The first kappa shape index (κ1) is 14.5. The summed E-state index contributed by atoms with van der Waals surface area (Å²) in [6.07, 6.45) is 4.67. The van der Waals surface area contributed by atoms with Crippen LogP contribution in [0.4, 0.5) is 0 Å². The first-order valence-corrected chi connectivity index (χ1v) is 6.54. The van der Waals surface area contributed by atoms with E-state index in [2.05, 4.69) is 0 Å². The van der Waals surface area contributed by atoms with E-state index in [-0.39, 0.29) is 23.6 Å². The van der Waals surface area contributed by atoms with E-state index in [1.165, 1.54) is 0 Å². The summed E-state index contributed by atoms with van der Waals surface area (Å²) in [7, 11) is 1.80. The number of aliphatic hydroxyl groups is 1. The lowest BCUT2D eigenvalue weighted by molar-refractivity contribution is -0.135. The molecule has 100 valence electrons. The Hall–Kier alpha value is -0.610. The summed E-state index contributed by atoms with van der Waals surface area (Å²) in [4.78, 5) is 13.7. The van der Waals surface area contributed by atoms with E-state index in [1.807, 2.05) is 13.8 Å². The first-order valence-electron chi connectivity index (χ1n) is 6.54. The largest absolute Gasteiger partial charge is 0.391 e. The Morgan fingerprint density at radius 3 is 2.53 bits per heavy atom. The molecule has 1 rings (SSSR count). The molecule has 0 aromatic rings. The lowest BCUT2D eigenvalue weighted by Gasteiger charge is -2.35. The highest BCUT2D eigenvalue weighted by molar-refractivity contribution is 5.76. The number of carbonyl (C=O) groups is 1. The van der Waals surface area contributed by atoms with Gasteiger partial charge in [0.25, 0.3) is 0 Å². The molecular weight excluding hydrogens is 216 g/mol. The smallest absolute Gasteiger partial charge is 0.222 e. The average Bonchev–Trinajstić information content (AvgIpc) is 2.24. The third kappa shape index (κ3) is 4.64. The van der Waals surface area contributed by atoms with Crippen LogP contribution in [-0.2, 0) is 4.79 Å². The molecule has 0 saturated heterocycles. The number of hydrogen-bond acceptors (Lipinski definition) is 3. The molecule has 0 aromatic carbocycles. The fourth-order valence-electron chi connectivity index (χ4n) is 2.33. The molecule has 1 amide bonds. The predicted octanol–water partition coefficient (Wildman–Crippen LogP) is 1.27. The van der Waals surface area contributed by atoms with Crippen LogP contribution in [0.1, 0.15) is 52.4 Å². The van der Waals surface area contributed by atoms with Gasteiger partial charge in [-0.1, -0.05) is 12.8 Å². The lowest BCUT2D eigenvalue weighted by atomic mass is 9.91. The number of amides is 1. The summed E-state index contributed by atoms with van der Waals surface area (Å²) >= 11 is 0. The Kier molecular flexibility index (Phi) is 4.95. The second-order valence-electron chi connectivity index (χ2n) is 5.91. The first-order chi connectivity index (χ1) is 7.81. The second kappa shape index (κ2) is 5.83. The van der Waals surface area contributed by atoms with Gasteiger partial charge in [-0.15, -0.1) is 0 Å². The van der Waals surface area contributed by atoms with Crippen molar-refractivity contribution in [1.29, 1.82) is 0 Å². The van der Waals surface area contributed by atoms with Crippen molar-refractivity contribution in [1.82, 2.24) is 4.90 Å². The zero-order valence-corrected chi connectivity index (χ0v) is 11.3. The fourth-order valence-corrected chi connectivity index (χ4v) is 2.33. The summed E-state index contributed by atoms with van der Waals surface area (Å²) in [5, 5.41) is 9.90. The van der Waals surface area contributed by atoms with E-state index in [0.29, 0.717) is 12.8 Å². The quantitative estimate of drug-likeness (QED) is 0.780. The standard InChI is InChI=1S/C13H26N2O2/c1-13(2,14)9-8-12(17)15(3)10-6-4-5-7-11(10)16/h10-11,16H,4-9,14H2,1-3H3. The number of hydrogen-bond donors (Lipinski definition) is 2. The topological polar surface area (TPSA) is 66.6 Å². The van der Waals surface area contributed by atoms with Crippen LogP contribution in [0.25, 0.3) is 0 Å². The Balaban J connectivity index is 2.45. The van der Waals surface area contributed by atoms with Gasteiger partial charge in [0, 0.05) is 19.0 Å². The van der Waals surface area contributed by atoms with E-state index in [1.54, 1.807) is 11.9 Å². The van der Waals surface area contributed by atoms with Crippen LogP contribution >= 0.6 is 0 Å². The SMILES string of the molecule is CN(C(=O)CCC(C)(C)N)C1CCCCC1O. The summed E-state index contributed by atoms with van der Waals surface area (Å²) in [6, 6.07) is -0.00265. The normalized spacial score (nSPS) is 25.7. The van der Waals surface area contributed by atoms with Crippen LogP contribution in [0.5, 0.6) is 0 Å². The Morgan fingerprint density at radius 1 is 1.41 bits per heavy atom. The Morgan fingerprint density at radius 2 is 2.00 bits per heavy atom. The van der Waals surface area contributed by atoms with E-state index in [9.17, 15) is 9.90 Å². The minimum atomic E-state index is -0.358. The van der Waals surface area contributed by atoms with Crippen molar-refractivity contribution < 1.29 is 9.90 Å². The van der Waals surface area contributed by atoms with Gasteiger partial charge in [-0.05, 0) is 33.1 Å². The third-order valence-electron chi connectivity index (χ3n) is 3.57. The van der Waals surface area contributed by atoms with Gasteiger partial charge < -0.3 is 15.7 Å². The van der Waals surface area contributed by atoms with E-state index >= 15 is 0 Å². The molecule has 1 aliphatic carbocycles. The molecule has 0 spiro atoms. The summed E-state index contributed by atoms with van der Waals surface area (Å²) < 4.78 is 0. The summed E-state index contributed by atoms with van der Waals surface area (Å²) in [5.41, 5.74) is 5.57. The molecule has 0 aliphatic heterocycles. The number of aliphatic hydroxyl groups excluding tert-OH is 1. The molecule has 0 bridgehead atoms. The van der Waals surface area contributed by atoms with Crippen molar-refractivity contribution in [2.24, 2.45) is 5.73 Å². The molecule has 0 aromatic heterocycles. The number of nitrogens with zero attached hydrogens (tertiary/aromatic N) is 1. The third-order valence-corrected chi connectivity index (χ3v) is 3.57. The number of likely N-dealkylation sites (N-methyl/N-ethyl adjacent to an activating group) is 1. The van der Waals surface area contributed by atoms with Gasteiger partial charge in [-0.3, -0.25) is 4.79 Å². The van der Waals surface area contributed by atoms with Gasteiger partial charge in [0.1, 0.15) is 0 Å². The molecule has 4 heteroatoms. The minimum Gasteiger partial charge on any atom is -0.391 e. The maximum Gasteiger partial charge on any atom is 0.222 e. The molecular formula is C13H26N2O2. The van der Waals surface area contributed by atoms with Crippen molar-refractivity contribution in [3.8, 4) is 0 Å². The van der Waals surface area contributed by atoms with Crippen molar-refractivity contribution in [3.63, 3.8) is 0 Å². The zero-order chi connectivity index (χ0) is 13.1. The average molecular weight is 242 g/mol. The Labute approximate surface area is 104 Å². The lowest BCUT2D eigenvalue weighted by Crippen LogP contribution is -2.46. The monoisotopic (exact) mass is 242 g/mol. The highest BCUT2D eigenvalue weighted by Crippen LogP contribution is 2.23. The molecule has 1 aliphatic rings. The van der Waals surface area contributed by atoms with Crippen molar-refractivity contribution in [2.45, 2.75) is 70.1 Å². The highest BCUT2D eigenvalue weighted by atomic mass is 16.3. The van der Waals surface area contributed by atoms with E-state index < -0.39 is 0 Å². The van der Waals surface area contributed by atoms with E-state index in [0.717, 1.165) is 25.7 Å². The molecule has 0 radical (unpaired) electrons. The van der Waals surface area contributed by atoms with Gasteiger partial charge in [0.15, 0.2) is 0 Å². The van der Waals surface area contributed by atoms with Crippen molar-refractivity contribution in [2.75, 3.05) is 7.05 Å².